The lowest BCUT2D eigenvalue weighted by molar-refractivity contribution is -0.136. The summed E-state index contributed by atoms with van der Waals surface area (Å²) in [6.07, 6.45) is -0.805. The highest BCUT2D eigenvalue weighted by atomic mass is 16.6. The van der Waals surface area contributed by atoms with Crippen molar-refractivity contribution < 1.29 is 24.2 Å². The maximum atomic E-state index is 11.6. The molecule has 0 fully saturated rings. The van der Waals surface area contributed by atoms with E-state index < -0.39 is 23.8 Å². The van der Waals surface area contributed by atoms with E-state index in [2.05, 4.69) is 10.1 Å². The fourth-order valence-corrected chi connectivity index (χ4v) is 1.67. The van der Waals surface area contributed by atoms with Crippen LogP contribution in [0.2, 0.25) is 0 Å². The lowest BCUT2D eigenvalue weighted by Crippen LogP contribution is -2.35. The first-order valence-electron chi connectivity index (χ1n) is 5.74. The number of carbonyl (C=O) groups excluding carboxylic acids is 2. The number of amides is 1. The Kier molecular flexibility index (Phi) is 4.34. The molecule has 1 unspecified atom stereocenters. The predicted molar refractivity (Wildman–Crippen MR) is 63.7 cm³/mol. The van der Waals surface area contributed by atoms with Gasteiger partial charge >= 0.3 is 12.1 Å². The summed E-state index contributed by atoms with van der Waals surface area (Å²) in [6, 6.07) is 0. The summed E-state index contributed by atoms with van der Waals surface area (Å²) in [5.74, 6) is -0.544. The van der Waals surface area contributed by atoms with Gasteiger partial charge in [0.1, 0.15) is 5.60 Å². The van der Waals surface area contributed by atoms with E-state index in [4.69, 9.17) is 4.74 Å². The van der Waals surface area contributed by atoms with Crippen molar-refractivity contribution in [2.45, 2.75) is 45.3 Å². The molecule has 0 saturated heterocycles. The van der Waals surface area contributed by atoms with Crippen LogP contribution in [-0.4, -0.2) is 36.0 Å². The van der Waals surface area contributed by atoms with Crippen LogP contribution in [0.3, 0.4) is 0 Å². The second-order valence-electron chi connectivity index (χ2n) is 5.07. The molecule has 1 aliphatic rings. The largest absolute Gasteiger partial charge is 0.466 e. The number of methoxy groups -OCH3 is 1. The number of ether oxygens (including phenoxy) is 2. The Morgan fingerprint density at radius 1 is 1.39 bits per heavy atom. The molecule has 0 radical (unpaired) electrons. The Labute approximate surface area is 106 Å². The maximum Gasteiger partial charge on any atom is 0.411 e. The Hall–Kier alpha value is -1.56. The van der Waals surface area contributed by atoms with Crippen LogP contribution in [0.4, 0.5) is 4.79 Å². The van der Waals surface area contributed by atoms with E-state index >= 15 is 0 Å². The van der Waals surface area contributed by atoms with E-state index in [1.165, 1.54) is 7.11 Å². The molecule has 0 saturated carbocycles. The van der Waals surface area contributed by atoms with Crippen LogP contribution in [-0.2, 0) is 14.3 Å². The van der Waals surface area contributed by atoms with E-state index in [9.17, 15) is 14.7 Å². The van der Waals surface area contributed by atoms with Crippen molar-refractivity contribution in [1.82, 2.24) is 5.32 Å². The monoisotopic (exact) mass is 257 g/mol. The number of rotatable bonds is 2. The maximum absolute atomic E-state index is 11.6. The van der Waals surface area contributed by atoms with Crippen molar-refractivity contribution in [1.29, 1.82) is 0 Å². The highest BCUT2D eigenvalue weighted by molar-refractivity contribution is 5.91. The highest BCUT2D eigenvalue weighted by Crippen LogP contribution is 2.25. The first-order chi connectivity index (χ1) is 8.24. The smallest absolute Gasteiger partial charge is 0.411 e. The van der Waals surface area contributed by atoms with Crippen molar-refractivity contribution in [3.05, 3.63) is 11.3 Å². The molecular formula is C12H19NO5. The Balaban J connectivity index is 2.79. The average molecular weight is 257 g/mol. The third kappa shape index (κ3) is 3.73. The van der Waals surface area contributed by atoms with Gasteiger partial charge in [-0.15, -0.1) is 0 Å². The molecule has 0 aliphatic heterocycles. The number of hydrogen-bond acceptors (Lipinski definition) is 5. The molecular weight excluding hydrogens is 238 g/mol. The number of hydrogen-bond donors (Lipinski definition) is 2. The number of carbonyl (C=O) groups is 2. The molecule has 6 heteroatoms. The molecule has 2 N–H and O–H groups in total. The molecule has 0 spiro atoms. The second kappa shape index (κ2) is 5.39. The standard InChI is InChI=1S/C12H19NO5/c1-12(2,3)18-11(16)13-9-7(10(15)17-4)5-6-8(9)14/h8,14H,5-6H2,1-4H3,(H,13,16). The van der Waals surface area contributed by atoms with Gasteiger partial charge in [-0.2, -0.15) is 0 Å². The number of alkyl carbamates (subject to hydrolysis) is 1. The summed E-state index contributed by atoms with van der Waals surface area (Å²) in [4.78, 5) is 23.0. The van der Waals surface area contributed by atoms with Gasteiger partial charge in [0.25, 0.3) is 0 Å². The second-order valence-corrected chi connectivity index (χ2v) is 5.07. The Morgan fingerprint density at radius 3 is 2.50 bits per heavy atom. The molecule has 1 aliphatic carbocycles. The van der Waals surface area contributed by atoms with Crippen molar-refractivity contribution in [2.24, 2.45) is 0 Å². The molecule has 1 amide bonds. The summed E-state index contributed by atoms with van der Waals surface area (Å²) in [5.41, 5.74) is -0.174. The Morgan fingerprint density at radius 2 is 2.00 bits per heavy atom. The topological polar surface area (TPSA) is 84.9 Å². The zero-order valence-corrected chi connectivity index (χ0v) is 11.1. The molecule has 0 aromatic carbocycles. The van der Waals surface area contributed by atoms with Crippen molar-refractivity contribution >= 4 is 12.1 Å². The molecule has 0 aromatic heterocycles. The summed E-state index contributed by atoms with van der Waals surface area (Å²) >= 11 is 0. The first-order valence-corrected chi connectivity index (χ1v) is 5.74. The van der Waals surface area contributed by atoms with Crippen LogP contribution in [0.15, 0.2) is 11.3 Å². The summed E-state index contributed by atoms with van der Waals surface area (Å²) in [7, 11) is 1.26. The predicted octanol–water partition coefficient (Wildman–Crippen LogP) is 1.09. The zero-order chi connectivity index (χ0) is 13.9. The quantitative estimate of drug-likeness (QED) is 0.723. The van der Waals surface area contributed by atoms with Gasteiger partial charge in [-0.25, -0.2) is 9.59 Å². The van der Waals surface area contributed by atoms with Crippen molar-refractivity contribution in [2.75, 3.05) is 7.11 Å². The molecule has 1 atom stereocenters. The molecule has 18 heavy (non-hydrogen) atoms. The van der Waals surface area contributed by atoms with Crippen LogP contribution < -0.4 is 5.32 Å². The zero-order valence-electron chi connectivity index (χ0n) is 11.1. The minimum atomic E-state index is -0.869. The van der Waals surface area contributed by atoms with Crippen LogP contribution in [0, 0.1) is 0 Å². The van der Waals surface area contributed by atoms with Gasteiger partial charge in [0.2, 0.25) is 0 Å². The number of aliphatic hydroxyl groups excluding tert-OH is 1. The van der Waals surface area contributed by atoms with Crippen molar-refractivity contribution in [3.63, 3.8) is 0 Å². The average Bonchev–Trinajstić information content (AvgIpc) is 2.57. The summed E-state index contributed by atoms with van der Waals surface area (Å²) in [6.45, 7) is 5.19. The van der Waals surface area contributed by atoms with Gasteiger partial charge < -0.3 is 14.6 Å². The lowest BCUT2D eigenvalue weighted by atomic mass is 10.2. The van der Waals surface area contributed by atoms with Gasteiger partial charge in [0.05, 0.1) is 24.5 Å². The van der Waals surface area contributed by atoms with E-state index in [0.29, 0.717) is 12.8 Å². The minimum Gasteiger partial charge on any atom is -0.466 e. The molecule has 1 rings (SSSR count). The van der Waals surface area contributed by atoms with Crippen molar-refractivity contribution in [3.8, 4) is 0 Å². The van der Waals surface area contributed by atoms with Crippen LogP contribution in [0.5, 0.6) is 0 Å². The van der Waals surface area contributed by atoms with Crippen LogP contribution >= 0.6 is 0 Å². The third-order valence-electron chi connectivity index (χ3n) is 2.39. The van der Waals surface area contributed by atoms with E-state index in [0.717, 1.165) is 0 Å². The number of esters is 1. The van der Waals surface area contributed by atoms with Gasteiger partial charge in [-0.05, 0) is 33.6 Å². The fraction of sp³-hybridized carbons (Fsp3) is 0.667. The highest BCUT2D eigenvalue weighted by Gasteiger charge is 2.31. The number of aliphatic hydroxyl groups is 1. The van der Waals surface area contributed by atoms with Crippen LogP contribution in [0.25, 0.3) is 0 Å². The van der Waals surface area contributed by atoms with E-state index in [1.54, 1.807) is 20.8 Å². The molecule has 0 aromatic rings. The first kappa shape index (κ1) is 14.5. The third-order valence-corrected chi connectivity index (χ3v) is 2.39. The Bertz CT molecular complexity index is 380. The normalized spacial score (nSPS) is 19.7. The summed E-state index contributed by atoms with van der Waals surface area (Å²) < 4.78 is 9.66. The van der Waals surface area contributed by atoms with E-state index in [-0.39, 0.29) is 11.3 Å². The lowest BCUT2D eigenvalue weighted by Gasteiger charge is -2.21. The summed E-state index contributed by atoms with van der Waals surface area (Å²) in [5, 5.41) is 12.1. The molecule has 6 nitrogen and oxygen atoms in total. The van der Waals surface area contributed by atoms with Gasteiger partial charge in [0.15, 0.2) is 0 Å². The van der Waals surface area contributed by atoms with E-state index in [1.807, 2.05) is 0 Å². The molecule has 0 bridgehead atoms. The van der Waals surface area contributed by atoms with Gasteiger partial charge in [0, 0.05) is 0 Å². The minimum absolute atomic E-state index is 0.177. The number of nitrogens with one attached hydrogen (secondary N) is 1. The molecule has 102 valence electrons. The fourth-order valence-electron chi connectivity index (χ4n) is 1.67. The van der Waals surface area contributed by atoms with Crippen LogP contribution in [0.1, 0.15) is 33.6 Å². The molecule has 0 heterocycles. The SMILES string of the molecule is COC(=O)C1=C(NC(=O)OC(C)(C)C)C(O)CC1. The van der Waals surface area contributed by atoms with Gasteiger partial charge in [-0.3, -0.25) is 5.32 Å². The van der Waals surface area contributed by atoms with Gasteiger partial charge in [-0.1, -0.05) is 0 Å².